The van der Waals surface area contributed by atoms with E-state index in [1.807, 2.05) is 0 Å². The van der Waals surface area contributed by atoms with Crippen molar-refractivity contribution in [3.05, 3.63) is 0 Å². The van der Waals surface area contributed by atoms with Gasteiger partial charge in [0.15, 0.2) is 0 Å². The molecule has 19 heavy (non-hydrogen) atoms. The quantitative estimate of drug-likeness (QED) is 0.781. The monoisotopic (exact) mass is 267 g/mol. The van der Waals surface area contributed by atoms with Crippen molar-refractivity contribution in [1.29, 1.82) is 0 Å². The van der Waals surface area contributed by atoms with Crippen LogP contribution in [0.1, 0.15) is 38.5 Å². The molecule has 0 aromatic carbocycles. The second kappa shape index (κ2) is 5.32. The molecule has 2 atom stereocenters. The summed E-state index contributed by atoms with van der Waals surface area (Å²) in [5.41, 5.74) is 6.52. The first-order chi connectivity index (χ1) is 9.20. The Balaban J connectivity index is 1.77. The van der Waals surface area contributed by atoms with Gasteiger partial charge in [-0.15, -0.1) is 0 Å². The summed E-state index contributed by atoms with van der Waals surface area (Å²) >= 11 is 0. The van der Waals surface area contributed by atoms with Gasteiger partial charge in [0.2, 0.25) is 0 Å². The van der Waals surface area contributed by atoms with Gasteiger partial charge in [-0.3, -0.25) is 4.90 Å². The number of fused-ring (bicyclic) bond motifs is 2. The summed E-state index contributed by atoms with van der Waals surface area (Å²) in [6, 6.07) is 2.29. The van der Waals surface area contributed by atoms with Crippen LogP contribution in [-0.2, 0) is 4.74 Å². The molecule has 2 unspecified atom stereocenters. The highest BCUT2D eigenvalue weighted by Crippen LogP contribution is 2.45. The molecule has 0 aromatic rings. The van der Waals surface area contributed by atoms with Gasteiger partial charge in [-0.25, -0.2) is 0 Å². The minimum Gasteiger partial charge on any atom is -0.383 e. The highest BCUT2D eigenvalue weighted by molar-refractivity contribution is 5.09. The largest absolute Gasteiger partial charge is 0.383 e. The molecule has 110 valence electrons. The molecule has 4 nitrogen and oxygen atoms in total. The Bertz CT molecular complexity index is 305. The van der Waals surface area contributed by atoms with E-state index in [9.17, 15) is 0 Å². The molecule has 1 saturated carbocycles. The lowest BCUT2D eigenvalue weighted by Gasteiger charge is -2.51. The van der Waals surface area contributed by atoms with Crippen molar-refractivity contribution in [1.82, 2.24) is 9.80 Å². The van der Waals surface area contributed by atoms with Gasteiger partial charge in [0, 0.05) is 43.9 Å². The van der Waals surface area contributed by atoms with Crippen LogP contribution in [0, 0.1) is 0 Å². The van der Waals surface area contributed by atoms with E-state index in [0.29, 0.717) is 0 Å². The topological polar surface area (TPSA) is 41.7 Å². The Labute approximate surface area is 117 Å². The molecule has 0 amide bonds. The molecule has 2 N–H and O–H groups in total. The second-order valence-electron chi connectivity index (χ2n) is 6.80. The van der Waals surface area contributed by atoms with Gasteiger partial charge in [0.25, 0.3) is 0 Å². The first-order valence-electron chi connectivity index (χ1n) is 7.88. The molecular weight excluding hydrogens is 238 g/mol. The van der Waals surface area contributed by atoms with Gasteiger partial charge in [0.05, 0.1) is 6.61 Å². The second-order valence-corrected chi connectivity index (χ2v) is 6.80. The smallest absolute Gasteiger partial charge is 0.0590 e. The van der Waals surface area contributed by atoms with Crippen molar-refractivity contribution in [2.75, 3.05) is 33.9 Å². The zero-order valence-electron chi connectivity index (χ0n) is 12.5. The summed E-state index contributed by atoms with van der Waals surface area (Å²) in [5, 5.41) is 0. The number of rotatable bonds is 6. The van der Waals surface area contributed by atoms with Crippen molar-refractivity contribution in [3.63, 3.8) is 0 Å². The minimum atomic E-state index is 0.248. The number of nitrogens with zero attached hydrogens (tertiary/aromatic N) is 2. The first kappa shape index (κ1) is 13.8. The van der Waals surface area contributed by atoms with Crippen molar-refractivity contribution in [2.24, 2.45) is 5.73 Å². The maximum atomic E-state index is 6.27. The summed E-state index contributed by atoms with van der Waals surface area (Å²) in [6.07, 6.45) is 7.97. The number of hydrogen-bond acceptors (Lipinski definition) is 4. The Kier molecular flexibility index (Phi) is 3.87. The highest BCUT2D eigenvalue weighted by Gasteiger charge is 2.51. The number of piperidine rings is 1. The van der Waals surface area contributed by atoms with E-state index in [1.165, 1.54) is 38.5 Å². The number of methoxy groups -OCH3 is 1. The van der Waals surface area contributed by atoms with Crippen molar-refractivity contribution >= 4 is 0 Å². The third-order valence-corrected chi connectivity index (χ3v) is 5.73. The van der Waals surface area contributed by atoms with Gasteiger partial charge in [-0.1, -0.05) is 0 Å². The Morgan fingerprint density at radius 2 is 1.84 bits per heavy atom. The third kappa shape index (κ3) is 2.44. The maximum Gasteiger partial charge on any atom is 0.0590 e. The lowest BCUT2D eigenvalue weighted by atomic mass is 9.81. The fourth-order valence-corrected chi connectivity index (χ4v) is 4.44. The van der Waals surface area contributed by atoms with Crippen LogP contribution in [0.3, 0.4) is 0 Å². The molecule has 2 heterocycles. The molecular formula is C15H29N3O. The molecule has 1 aliphatic carbocycles. The average Bonchev–Trinajstić information content (AvgIpc) is 3.21. The molecule has 3 aliphatic rings. The Morgan fingerprint density at radius 3 is 2.32 bits per heavy atom. The molecule has 3 rings (SSSR count). The summed E-state index contributed by atoms with van der Waals surface area (Å²) in [4.78, 5) is 5.32. The van der Waals surface area contributed by atoms with E-state index in [4.69, 9.17) is 10.5 Å². The Morgan fingerprint density at radius 1 is 1.21 bits per heavy atom. The third-order valence-electron chi connectivity index (χ3n) is 5.73. The standard InChI is InChI=1S/C15H29N3O/c1-17-13-5-6-14(17)10-15(9-13,11-16)18(7-8-19-2)12-3-4-12/h12-14H,3-11,16H2,1-2H3. The summed E-state index contributed by atoms with van der Waals surface area (Å²) in [6.45, 7) is 2.71. The molecule has 3 fully saturated rings. The average molecular weight is 267 g/mol. The lowest BCUT2D eigenvalue weighted by Crippen LogP contribution is -2.63. The fraction of sp³-hybridized carbons (Fsp3) is 1.00. The van der Waals surface area contributed by atoms with Gasteiger partial charge in [0.1, 0.15) is 0 Å². The molecule has 2 aliphatic heterocycles. The number of ether oxygens (including phenoxy) is 1. The van der Waals surface area contributed by atoms with E-state index < -0.39 is 0 Å². The summed E-state index contributed by atoms with van der Waals surface area (Å²) < 4.78 is 5.33. The van der Waals surface area contributed by atoms with Gasteiger partial charge < -0.3 is 15.4 Å². The molecule has 0 radical (unpaired) electrons. The minimum absolute atomic E-state index is 0.248. The Hall–Kier alpha value is -0.160. The predicted octanol–water partition coefficient (Wildman–Crippen LogP) is 1.05. The van der Waals surface area contributed by atoms with Crippen molar-refractivity contribution in [3.8, 4) is 0 Å². The van der Waals surface area contributed by atoms with Gasteiger partial charge in [-0.2, -0.15) is 0 Å². The highest BCUT2D eigenvalue weighted by atomic mass is 16.5. The SMILES string of the molecule is COCCN(C1CC1)C1(CN)CC2CCC(C1)N2C. The predicted molar refractivity (Wildman–Crippen MR) is 77.2 cm³/mol. The van der Waals surface area contributed by atoms with Crippen LogP contribution < -0.4 is 5.73 Å². The van der Waals surface area contributed by atoms with E-state index in [-0.39, 0.29) is 5.54 Å². The fourth-order valence-electron chi connectivity index (χ4n) is 4.44. The summed E-state index contributed by atoms with van der Waals surface area (Å²) in [7, 11) is 4.11. The van der Waals surface area contributed by atoms with Crippen LogP contribution >= 0.6 is 0 Å². The zero-order chi connectivity index (χ0) is 13.5. The van der Waals surface area contributed by atoms with Crippen LogP contribution in [0.15, 0.2) is 0 Å². The van der Waals surface area contributed by atoms with E-state index >= 15 is 0 Å². The van der Waals surface area contributed by atoms with Crippen LogP contribution in [-0.4, -0.2) is 67.3 Å². The van der Waals surface area contributed by atoms with Crippen LogP contribution in [0.5, 0.6) is 0 Å². The molecule has 4 heteroatoms. The van der Waals surface area contributed by atoms with Crippen LogP contribution in [0.2, 0.25) is 0 Å². The van der Waals surface area contributed by atoms with Crippen molar-refractivity contribution < 1.29 is 4.74 Å². The molecule has 2 bridgehead atoms. The van der Waals surface area contributed by atoms with E-state index in [0.717, 1.165) is 37.8 Å². The number of nitrogens with two attached hydrogens (primary N) is 1. The lowest BCUT2D eigenvalue weighted by molar-refractivity contribution is -0.0159. The summed E-state index contributed by atoms with van der Waals surface area (Å²) in [5.74, 6) is 0. The van der Waals surface area contributed by atoms with Gasteiger partial charge in [-0.05, 0) is 45.6 Å². The van der Waals surface area contributed by atoms with Crippen LogP contribution in [0.4, 0.5) is 0 Å². The molecule has 0 spiro atoms. The molecule has 2 saturated heterocycles. The van der Waals surface area contributed by atoms with Crippen LogP contribution in [0.25, 0.3) is 0 Å². The zero-order valence-corrected chi connectivity index (χ0v) is 12.5. The van der Waals surface area contributed by atoms with Gasteiger partial charge >= 0.3 is 0 Å². The normalized spacial score (nSPS) is 39.2. The first-order valence-corrected chi connectivity index (χ1v) is 7.88. The number of hydrogen-bond donors (Lipinski definition) is 1. The van der Waals surface area contributed by atoms with E-state index in [1.54, 1.807) is 7.11 Å². The van der Waals surface area contributed by atoms with E-state index in [2.05, 4.69) is 16.8 Å². The maximum absolute atomic E-state index is 6.27. The molecule has 0 aromatic heterocycles. The van der Waals surface area contributed by atoms with Crippen molar-refractivity contribution in [2.45, 2.75) is 62.2 Å².